The molecule has 1 aromatic rings. The lowest BCUT2D eigenvalue weighted by Crippen LogP contribution is -2.01. The summed E-state index contributed by atoms with van der Waals surface area (Å²) in [5.74, 6) is -0.446. The number of carbonyl (C=O) groups is 1. The standard InChI is InChI=1S/C12H13BrO3/c1-2-16-12(15)8-7-11(14)9-3-5-10(13)6-4-9/h3-8,11,14H,2H2,1H3/b8-7+/t11-/m0/s1. The van der Waals surface area contributed by atoms with Crippen LogP contribution in [0.3, 0.4) is 0 Å². The maximum absolute atomic E-state index is 11.0. The third-order valence-electron chi connectivity index (χ3n) is 1.91. The van der Waals surface area contributed by atoms with Crippen LogP contribution in [0.5, 0.6) is 0 Å². The molecule has 3 nitrogen and oxygen atoms in total. The minimum atomic E-state index is -0.794. The number of ether oxygens (including phenoxy) is 1. The largest absolute Gasteiger partial charge is 0.463 e. The fraction of sp³-hybridized carbons (Fsp3) is 0.250. The van der Waals surface area contributed by atoms with E-state index in [4.69, 9.17) is 4.74 Å². The molecule has 0 aliphatic carbocycles. The molecule has 86 valence electrons. The van der Waals surface area contributed by atoms with E-state index >= 15 is 0 Å². The Hall–Kier alpha value is -1.13. The molecule has 0 aliphatic rings. The normalized spacial score (nSPS) is 12.7. The molecule has 4 heteroatoms. The van der Waals surface area contributed by atoms with Crippen molar-refractivity contribution in [3.8, 4) is 0 Å². The molecule has 16 heavy (non-hydrogen) atoms. The zero-order valence-electron chi connectivity index (χ0n) is 8.89. The van der Waals surface area contributed by atoms with Gasteiger partial charge in [-0.25, -0.2) is 4.79 Å². The second kappa shape index (κ2) is 6.45. The summed E-state index contributed by atoms with van der Waals surface area (Å²) in [6, 6.07) is 7.22. The van der Waals surface area contributed by atoms with E-state index in [0.717, 1.165) is 10.0 Å². The van der Waals surface area contributed by atoms with Gasteiger partial charge in [-0.2, -0.15) is 0 Å². The molecule has 0 bridgehead atoms. The second-order valence-corrected chi connectivity index (χ2v) is 4.02. The first-order valence-corrected chi connectivity index (χ1v) is 5.71. The highest BCUT2D eigenvalue weighted by Crippen LogP contribution is 2.17. The summed E-state index contributed by atoms with van der Waals surface area (Å²) < 4.78 is 5.65. The number of hydrogen-bond donors (Lipinski definition) is 1. The molecule has 1 atom stereocenters. The SMILES string of the molecule is CCOC(=O)/C=C/[C@H](O)c1ccc(Br)cc1. The number of esters is 1. The van der Waals surface area contributed by atoms with Gasteiger partial charge >= 0.3 is 5.97 Å². The maximum atomic E-state index is 11.0. The molecular formula is C12H13BrO3. The van der Waals surface area contributed by atoms with Crippen molar-refractivity contribution in [3.63, 3.8) is 0 Å². The van der Waals surface area contributed by atoms with Crippen LogP contribution in [0.2, 0.25) is 0 Å². The third-order valence-corrected chi connectivity index (χ3v) is 2.44. The van der Waals surface area contributed by atoms with Gasteiger partial charge in [-0.15, -0.1) is 0 Å². The van der Waals surface area contributed by atoms with E-state index in [1.54, 1.807) is 19.1 Å². The lowest BCUT2D eigenvalue weighted by Gasteiger charge is -2.05. The number of hydrogen-bond acceptors (Lipinski definition) is 3. The summed E-state index contributed by atoms with van der Waals surface area (Å²) in [6.45, 7) is 2.06. The Morgan fingerprint density at radius 1 is 1.50 bits per heavy atom. The quantitative estimate of drug-likeness (QED) is 0.683. The van der Waals surface area contributed by atoms with Crippen LogP contribution in [0.15, 0.2) is 40.9 Å². The average Bonchev–Trinajstić information content (AvgIpc) is 2.27. The molecule has 0 spiro atoms. The van der Waals surface area contributed by atoms with E-state index in [0.29, 0.717) is 6.61 Å². The van der Waals surface area contributed by atoms with Crippen LogP contribution in [-0.2, 0) is 9.53 Å². The summed E-state index contributed by atoms with van der Waals surface area (Å²) in [6.07, 6.45) is 1.84. The number of halogens is 1. The predicted octanol–water partition coefficient (Wildman–Crippen LogP) is 2.60. The Bertz CT molecular complexity index is 370. The number of aliphatic hydroxyl groups is 1. The molecular weight excluding hydrogens is 272 g/mol. The molecule has 1 aromatic carbocycles. The Morgan fingerprint density at radius 2 is 2.12 bits per heavy atom. The van der Waals surface area contributed by atoms with Gasteiger partial charge in [0, 0.05) is 10.5 Å². The second-order valence-electron chi connectivity index (χ2n) is 3.11. The molecule has 0 fully saturated rings. The van der Waals surface area contributed by atoms with Crippen LogP contribution in [0, 0.1) is 0 Å². The Morgan fingerprint density at radius 3 is 2.69 bits per heavy atom. The lowest BCUT2D eigenvalue weighted by molar-refractivity contribution is -0.137. The number of rotatable bonds is 4. The summed E-state index contributed by atoms with van der Waals surface area (Å²) in [4.78, 5) is 11.0. The molecule has 0 saturated heterocycles. The van der Waals surface area contributed by atoms with E-state index in [1.807, 2.05) is 12.1 Å². The molecule has 1 rings (SSSR count). The summed E-state index contributed by atoms with van der Waals surface area (Å²) in [7, 11) is 0. The summed E-state index contributed by atoms with van der Waals surface area (Å²) in [5.41, 5.74) is 0.726. The predicted molar refractivity (Wildman–Crippen MR) is 64.9 cm³/mol. The maximum Gasteiger partial charge on any atom is 0.330 e. The highest BCUT2D eigenvalue weighted by molar-refractivity contribution is 9.10. The van der Waals surface area contributed by atoms with Crippen LogP contribution >= 0.6 is 15.9 Å². The average molecular weight is 285 g/mol. The van der Waals surface area contributed by atoms with Gasteiger partial charge in [-0.3, -0.25) is 0 Å². The monoisotopic (exact) mass is 284 g/mol. The Kier molecular flexibility index (Phi) is 5.22. The van der Waals surface area contributed by atoms with Crippen molar-refractivity contribution < 1.29 is 14.6 Å². The topological polar surface area (TPSA) is 46.5 Å². The van der Waals surface area contributed by atoms with E-state index < -0.39 is 12.1 Å². The number of aliphatic hydroxyl groups excluding tert-OH is 1. The summed E-state index contributed by atoms with van der Waals surface area (Å²) >= 11 is 3.30. The van der Waals surface area contributed by atoms with Gasteiger partial charge < -0.3 is 9.84 Å². The molecule has 0 amide bonds. The van der Waals surface area contributed by atoms with Gasteiger partial charge in [0.1, 0.15) is 0 Å². The minimum absolute atomic E-state index is 0.331. The van der Waals surface area contributed by atoms with Crippen LogP contribution in [0.4, 0.5) is 0 Å². The van der Waals surface area contributed by atoms with Gasteiger partial charge in [0.25, 0.3) is 0 Å². The smallest absolute Gasteiger partial charge is 0.330 e. The first-order chi connectivity index (χ1) is 7.63. The molecule has 0 radical (unpaired) electrons. The zero-order chi connectivity index (χ0) is 12.0. The van der Waals surface area contributed by atoms with Gasteiger partial charge in [0.2, 0.25) is 0 Å². The fourth-order valence-corrected chi connectivity index (χ4v) is 1.40. The van der Waals surface area contributed by atoms with E-state index in [1.165, 1.54) is 12.2 Å². The molecule has 0 aliphatic heterocycles. The molecule has 0 saturated carbocycles. The highest BCUT2D eigenvalue weighted by Gasteiger charge is 2.03. The first-order valence-electron chi connectivity index (χ1n) is 4.92. The Labute approximate surface area is 103 Å². The van der Waals surface area contributed by atoms with Crippen molar-refractivity contribution in [2.24, 2.45) is 0 Å². The van der Waals surface area contributed by atoms with Crippen LogP contribution in [0.1, 0.15) is 18.6 Å². The van der Waals surface area contributed by atoms with Crippen molar-refractivity contribution in [3.05, 3.63) is 46.5 Å². The van der Waals surface area contributed by atoms with Crippen molar-refractivity contribution in [2.75, 3.05) is 6.61 Å². The van der Waals surface area contributed by atoms with Crippen LogP contribution < -0.4 is 0 Å². The molecule has 0 heterocycles. The fourth-order valence-electron chi connectivity index (χ4n) is 1.13. The van der Waals surface area contributed by atoms with Crippen molar-refractivity contribution in [1.29, 1.82) is 0 Å². The van der Waals surface area contributed by atoms with Crippen molar-refractivity contribution >= 4 is 21.9 Å². The lowest BCUT2D eigenvalue weighted by atomic mass is 10.1. The van der Waals surface area contributed by atoms with Gasteiger partial charge in [0.05, 0.1) is 12.7 Å². The van der Waals surface area contributed by atoms with Crippen molar-refractivity contribution in [2.45, 2.75) is 13.0 Å². The summed E-state index contributed by atoms with van der Waals surface area (Å²) in [5, 5.41) is 9.72. The number of benzene rings is 1. The van der Waals surface area contributed by atoms with Gasteiger partial charge in [0.15, 0.2) is 0 Å². The molecule has 1 N–H and O–H groups in total. The van der Waals surface area contributed by atoms with E-state index in [-0.39, 0.29) is 0 Å². The van der Waals surface area contributed by atoms with E-state index in [2.05, 4.69) is 15.9 Å². The Balaban J connectivity index is 2.61. The minimum Gasteiger partial charge on any atom is -0.463 e. The zero-order valence-corrected chi connectivity index (χ0v) is 10.5. The number of carbonyl (C=O) groups excluding carboxylic acids is 1. The first kappa shape index (κ1) is 12.9. The highest BCUT2D eigenvalue weighted by atomic mass is 79.9. The van der Waals surface area contributed by atoms with Crippen LogP contribution in [-0.4, -0.2) is 17.7 Å². The van der Waals surface area contributed by atoms with E-state index in [9.17, 15) is 9.90 Å². The van der Waals surface area contributed by atoms with Gasteiger partial charge in [-0.1, -0.05) is 28.1 Å². The van der Waals surface area contributed by atoms with Gasteiger partial charge in [-0.05, 0) is 30.7 Å². The molecule has 0 aromatic heterocycles. The third kappa shape index (κ3) is 4.16. The molecule has 0 unspecified atom stereocenters. The van der Waals surface area contributed by atoms with Crippen LogP contribution in [0.25, 0.3) is 0 Å². The van der Waals surface area contributed by atoms with Crippen molar-refractivity contribution in [1.82, 2.24) is 0 Å².